The summed E-state index contributed by atoms with van der Waals surface area (Å²) in [6.07, 6.45) is 1.51. The molecule has 0 saturated heterocycles. The van der Waals surface area contributed by atoms with E-state index in [4.69, 9.17) is 22.4 Å². The van der Waals surface area contributed by atoms with Gasteiger partial charge in [-0.25, -0.2) is 13.1 Å². The van der Waals surface area contributed by atoms with Gasteiger partial charge in [0.25, 0.3) is 10.0 Å². The molecule has 0 spiro atoms. The number of sulfonamides is 1. The number of carbonyl (C=O) groups is 3. The normalized spacial score (nSPS) is 12.2. The van der Waals surface area contributed by atoms with Crippen LogP contribution >= 0.6 is 11.6 Å². The number of rotatable bonds is 8. The molecule has 0 radical (unpaired) electrons. The second-order valence-corrected chi connectivity index (χ2v) is 6.64. The molecule has 2 amide bonds. The lowest BCUT2D eigenvalue weighted by molar-refractivity contribution is -0.138. The molecule has 5 N–H and O–H groups in total. The van der Waals surface area contributed by atoms with E-state index in [1.54, 1.807) is 4.72 Å². The van der Waals surface area contributed by atoms with Crippen molar-refractivity contribution in [1.29, 1.82) is 0 Å². The Bertz CT molecular complexity index is 739. The summed E-state index contributed by atoms with van der Waals surface area (Å²) in [5.41, 5.74) is 5.19. The van der Waals surface area contributed by atoms with Crippen molar-refractivity contribution in [2.45, 2.75) is 23.8 Å². The highest BCUT2D eigenvalue weighted by molar-refractivity contribution is 7.90. The maximum atomic E-state index is 12.0. The van der Waals surface area contributed by atoms with Crippen LogP contribution in [-0.4, -0.2) is 48.9 Å². The zero-order valence-corrected chi connectivity index (χ0v) is 13.8. The number of aliphatic carboxylic acids is 1. The zero-order valence-electron chi connectivity index (χ0n) is 12.2. The molecule has 132 valence electrons. The molecular formula is C12H15ClN4O6S. The summed E-state index contributed by atoms with van der Waals surface area (Å²) in [5.74, 6) is -2.85. The third kappa shape index (κ3) is 6.10. The summed E-state index contributed by atoms with van der Waals surface area (Å²) in [7, 11) is -4.20. The van der Waals surface area contributed by atoms with E-state index >= 15 is 0 Å². The third-order valence-electron chi connectivity index (χ3n) is 2.69. The number of nitrogens with two attached hydrogens (primary N) is 1. The summed E-state index contributed by atoms with van der Waals surface area (Å²) in [6.45, 7) is -0.306. The van der Waals surface area contributed by atoms with Crippen LogP contribution < -0.4 is 15.8 Å². The molecule has 24 heavy (non-hydrogen) atoms. The first kappa shape index (κ1) is 19.8. The van der Waals surface area contributed by atoms with Gasteiger partial charge in [0.15, 0.2) is 0 Å². The number of nitrogens with one attached hydrogen (secondary N) is 2. The average molecular weight is 379 g/mol. The SMILES string of the molecule is N[C@@H](CNC(=O)CCC(=O)NS(=O)(=O)c1cnccc1Cl)C(=O)O. The fraction of sp³-hybridized carbons (Fsp3) is 0.333. The minimum atomic E-state index is -4.20. The Balaban J connectivity index is 2.50. The number of carboxylic acid groups (broad SMARTS) is 1. The maximum absolute atomic E-state index is 12.0. The maximum Gasteiger partial charge on any atom is 0.322 e. The number of halogens is 1. The van der Waals surface area contributed by atoms with E-state index in [1.165, 1.54) is 12.3 Å². The van der Waals surface area contributed by atoms with Gasteiger partial charge in [-0.3, -0.25) is 19.4 Å². The first-order chi connectivity index (χ1) is 11.1. The van der Waals surface area contributed by atoms with E-state index in [2.05, 4.69) is 10.3 Å². The number of hydrogen-bond acceptors (Lipinski definition) is 7. The van der Waals surface area contributed by atoms with Gasteiger partial charge < -0.3 is 16.2 Å². The lowest BCUT2D eigenvalue weighted by Gasteiger charge is -2.09. The molecule has 0 saturated carbocycles. The van der Waals surface area contributed by atoms with Gasteiger partial charge >= 0.3 is 5.97 Å². The van der Waals surface area contributed by atoms with Crippen molar-refractivity contribution < 1.29 is 27.9 Å². The number of amides is 2. The minimum Gasteiger partial charge on any atom is -0.480 e. The highest BCUT2D eigenvalue weighted by Crippen LogP contribution is 2.18. The molecule has 0 aliphatic rings. The van der Waals surface area contributed by atoms with E-state index in [0.29, 0.717) is 0 Å². The van der Waals surface area contributed by atoms with Gasteiger partial charge in [-0.05, 0) is 6.07 Å². The largest absolute Gasteiger partial charge is 0.480 e. The van der Waals surface area contributed by atoms with Gasteiger partial charge in [0.05, 0.1) is 5.02 Å². The quantitative estimate of drug-likeness (QED) is 0.439. The Morgan fingerprint density at radius 2 is 1.92 bits per heavy atom. The molecule has 10 nitrogen and oxygen atoms in total. The average Bonchev–Trinajstić information content (AvgIpc) is 2.50. The van der Waals surface area contributed by atoms with Crippen molar-refractivity contribution in [2.75, 3.05) is 6.54 Å². The van der Waals surface area contributed by atoms with Gasteiger partial charge in [0, 0.05) is 31.8 Å². The number of nitrogens with zero attached hydrogens (tertiary/aromatic N) is 1. The molecule has 0 unspecified atom stereocenters. The molecule has 0 aromatic carbocycles. The second kappa shape index (κ2) is 8.57. The van der Waals surface area contributed by atoms with E-state index in [0.717, 1.165) is 6.20 Å². The van der Waals surface area contributed by atoms with E-state index in [1.807, 2.05) is 0 Å². The standard InChI is InChI=1S/C12H15ClN4O6S/c13-7-3-4-15-6-9(7)24(22,23)17-11(19)2-1-10(18)16-5-8(14)12(20)21/h3-4,6,8H,1-2,5,14H2,(H,16,18)(H,17,19)(H,20,21)/t8-/m0/s1. The van der Waals surface area contributed by atoms with Crippen molar-refractivity contribution >= 4 is 39.4 Å². The summed E-state index contributed by atoms with van der Waals surface area (Å²) in [5, 5.41) is 10.7. The number of hydrogen-bond donors (Lipinski definition) is 4. The van der Waals surface area contributed by atoms with Gasteiger partial charge in [0.1, 0.15) is 10.9 Å². The van der Waals surface area contributed by atoms with Crippen LogP contribution in [0.25, 0.3) is 0 Å². The first-order valence-corrected chi connectivity index (χ1v) is 8.40. The highest BCUT2D eigenvalue weighted by atomic mass is 35.5. The second-order valence-electron chi connectivity index (χ2n) is 4.58. The van der Waals surface area contributed by atoms with Crippen LogP contribution in [0.15, 0.2) is 23.4 Å². The molecule has 1 aromatic heterocycles. The van der Waals surface area contributed by atoms with Crippen LogP contribution in [0, 0.1) is 0 Å². The van der Waals surface area contributed by atoms with E-state index in [9.17, 15) is 22.8 Å². The lowest BCUT2D eigenvalue weighted by Crippen LogP contribution is -2.42. The van der Waals surface area contributed by atoms with Crippen molar-refractivity contribution in [3.8, 4) is 0 Å². The molecule has 0 fully saturated rings. The van der Waals surface area contributed by atoms with Crippen LogP contribution in [0.5, 0.6) is 0 Å². The topological polar surface area (TPSA) is 169 Å². The molecule has 0 aliphatic heterocycles. The summed E-state index contributed by atoms with van der Waals surface area (Å²) in [6, 6.07) is -0.0180. The molecule has 1 atom stereocenters. The Morgan fingerprint density at radius 1 is 1.29 bits per heavy atom. The predicted octanol–water partition coefficient (Wildman–Crippen LogP) is -1.15. The van der Waals surface area contributed by atoms with E-state index in [-0.39, 0.29) is 22.9 Å². The molecule has 0 bridgehead atoms. The Hall–Kier alpha value is -2.24. The smallest absolute Gasteiger partial charge is 0.322 e. The van der Waals surface area contributed by atoms with Gasteiger partial charge in [-0.1, -0.05) is 11.6 Å². The van der Waals surface area contributed by atoms with Crippen LogP contribution in [-0.2, 0) is 24.4 Å². The van der Waals surface area contributed by atoms with Crippen molar-refractivity contribution in [2.24, 2.45) is 5.73 Å². The molecule has 1 aromatic rings. The van der Waals surface area contributed by atoms with Crippen LogP contribution in [0.1, 0.15) is 12.8 Å². The summed E-state index contributed by atoms with van der Waals surface area (Å²) >= 11 is 5.72. The van der Waals surface area contributed by atoms with Crippen LogP contribution in [0.2, 0.25) is 5.02 Å². The van der Waals surface area contributed by atoms with Crippen molar-refractivity contribution in [3.05, 3.63) is 23.5 Å². The van der Waals surface area contributed by atoms with Crippen molar-refractivity contribution in [3.63, 3.8) is 0 Å². The zero-order chi connectivity index (χ0) is 18.3. The number of aromatic nitrogens is 1. The number of pyridine rings is 1. The van der Waals surface area contributed by atoms with Crippen LogP contribution in [0.4, 0.5) is 0 Å². The monoisotopic (exact) mass is 378 g/mol. The highest BCUT2D eigenvalue weighted by Gasteiger charge is 2.21. The molecule has 1 rings (SSSR count). The Morgan fingerprint density at radius 3 is 2.50 bits per heavy atom. The number of carbonyl (C=O) groups excluding carboxylic acids is 2. The molecule has 0 aliphatic carbocycles. The Labute approximate surface area is 142 Å². The number of carboxylic acids is 1. The molecular weight excluding hydrogens is 364 g/mol. The van der Waals surface area contributed by atoms with Crippen molar-refractivity contribution in [1.82, 2.24) is 15.0 Å². The summed E-state index contributed by atoms with van der Waals surface area (Å²) in [4.78, 5) is 36.8. The van der Waals surface area contributed by atoms with Crippen LogP contribution in [0.3, 0.4) is 0 Å². The fourth-order valence-electron chi connectivity index (χ4n) is 1.44. The Kier molecular flexibility index (Phi) is 7.07. The fourth-order valence-corrected chi connectivity index (χ4v) is 2.89. The molecule has 12 heteroatoms. The lowest BCUT2D eigenvalue weighted by atomic mass is 10.2. The first-order valence-electron chi connectivity index (χ1n) is 6.53. The van der Waals surface area contributed by atoms with Gasteiger partial charge in [0.2, 0.25) is 11.8 Å². The molecule has 1 heterocycles. The minimum absolute atomic E-state index is 0.106. The third-order valence-corrected chi connectivity index (χ3v) is 4.53. The van der Waals surface area contributed by atoms with E-state index < -0.39 is 40.3 Å². The van der Waals surface area contributed by atoms with Gasteiger partial charge in [-0.2, -0.15) is 0 Å². The summed E-state index contributed by atoms with van der Waals surface area (Å²) < 4.78 is 25.7. The van der Waals surface area contributed by atoms with Gasteiger partial charge in [-0.15, -0.1) is 0 Å². The predicted molar refractivity (Wildman–Crippen MR) is 82.4 cm³/mol.